The van der Waals surface area contributed by atoms with Crippen molar-refractivity contribution in [1.29, 1.82) is 0 Å². The zero-order chi connectivity index (χ0) is 50.1. The molecule has 2 N–H and O–H groups in total. The number of fused-ring (bicyclic) bond motifs is 7. The molecule has 17 heteroatoms. The number of likely N-dealkylation sites (tertiary alicyclic amines) is 3. The van der Waals surface area contributed by atoms with E-state index in [1.54, 1.807) is 27.0 Å². The topological polar surface area (TPSA) is 172 Å². The molecule has 380 valence electrons. The van der Waals surface area contributed by atoms with E-state index < -0.39 is 18.2 Å². The molecule has 2 saturated carbocycles. The van der Waals surface area contributed by atoms with Crippen molar-refractivity contribution in [2.24, 2.45) is 5.92 Å². The zero-order valence-corrected chi connectivity index (χ0v) is 43.2. The van der Waals surface area contributed by atoms with E-state index in [1.807, 2.05) is 66.9 Å². The summed E-state index contributed by atoms with van der Waals surface area (Å²) in [6.07, 6.45) is 11.7. The minimum absolute atomic E-state index is 0.0519. The number of aryl methyl sites for hydroxylation is 1. The van der Waals surface area contributed by atoms with Crippen molar-refractivity contribution < 1.29 is 19.5 Å². The van der Waals surface area contributed by atoms with E-state index in [-0.39, 0.29) is 53.6 Å². The van der Waals surface area contributed by atoms with Crippen molar-refractivity contribution in [3.8, 4) is 16.1 Å². The van der Waals surface area contributed by atoms with Crippen LogP contribution >= 0.6 is 22.9 Å². The molecule has 5 fully saturated rings. The lowest BCUT2D eigenvalue weighted by atomic mass is 9.69. The van der Waals surface area contributed by atoms with Gasteiger partial charge in [0, 0.05) is 38.2 Å². The van der Waals surface area contributed by atoms with Crippen molar-refractivity contribution in [3.63, 3.8) is 0 Å². The smallest absolute Gasteiger partial charge is 0.282 e. The Morgan fingerprint density at radius 3 is 2.42 bits per heavy atom. The van der Waals surface area contributed by atoms with Gasteiger partial charge in [-0.2, -0.15) is 4.98 Å². The van der Waals surface area contributed by atoms with Gasteiger partial charge in [-0.05, 0) is 131 Å². The second kappa shape index (κ2) is 19.5. The van der Waals surface area contributed by atoms with Crippen molar-refractivity contribution >= 4 is 51.6 Å². The molecule has 6 aromatic rings. The fraction of sp³-hybridized carbons (Fsp3) is 0.500. The molecule has 6 aliphatic rings. The number of benzene rings is 3. The second-order valence-electron chi connectivity index (χ2n) is 21.8. The third-order valence-electron chi connectivity index (χ3n) is 17.2. The number of aliphatic hydroxyl groups excluding tert-OH is 1. The molecule has 0 bridgehead atoms. The van der Waals surface area contributed by atoms with Gasteiger partial charge >= 0.3 is 0 Å². The van der Waals surface area contributed by atoms with Crippen LogP contribution in [0.2, 0.25) is 5.02 Å². The van der Waals surface area contributed by atoms with Crippen LogP contribution < -0.4 is 10.9 Å². The Morgan fingerprint density at radius 1 is 0.932 bits per heavy atom. The van der Waals surface area contributed by atoms with Crippen molar-refractivity contribution in [1.82, 2.24) is 49.5 Å². The first kappa shape index (κ1) is 48.1. The summed E-state index contributed by atoms with van der Waals surface area (Å²) in [6, 6.07) is 18.8. The molecule has 3 amide bonds. The third-order valence-corrected chi connectivity index (χ3v) is 18.5. The molecule has 3 aromatic heterocycles. The molecule has 0 unspecified atom stereocenters. The Balaban J connectivity index is 0.694. The van der Waals surface area contributed by atoms with Gasteiger partial charge in [0.1, 0.15) is 17.9 Å². The number of carbonyl (C=O) groups is 3. The van der Waals surface area contributed by atoms with Crippen LogP contribution in [0, 0.1) is 12.8 Å². The van der Waals surface area contributed by atoms with Gasteiger partial charge in [-0.25, -0.2) is 9.67 Å². The first-order valence-electron chi connectivity index (χ1n) is 26.5. The Hall–Kier alpha value is -5.81. The van der Waals surface area contributed by atoms with Gasteiger partial charge in [0.15, 0.2) is 0 Å². The predicted octanol–water partition coefficient (Wildman–Crippen LogP) is 8.00. The highest BCUT2D eigenvalue weighted by atomic mass is 35.5. The highest BCUT2D eigenvalue weighted by Crippen LogP contribution is 2.52. The number of hydrogen-bond acceptors (Lipinski definition) is 11. The lowest BCUT2D eigenvalue weighted by molar-refractivity contribution is -0.144. The summed E-state index contributed by atoms with van der Waals surface area (Å²) in [5.41, 5.74) is 9.62. The van der Waals surface area contributed by atoms with E-state index in [0.29, 0.717) is 54.7 Å². The van der Waals surface area contributed by atoms with E-state index >= 15 is 0 Å². The van der Waals surface area contributed by atoms with Gasteiger partial charge < -0.3 is 20.2 Å². The minimum Gasteiger partial charge on any atom is -0.391 e. The SMILES string of the molecule is Cc1ncsc1-c1ccc([C@H](C)NC(=O)[C@@H]2C[C@@H](O)CN2C(=O)[C@H](C2CCN(C(=O)CN3CCC(c4ccc5c(c4)-n4c(nc(=O)c6c(Cl)cccc64)C54CCCCC4)CC3)CC2)n2cc(C3CC3)nn2)cc1. The number of thiazole rings is 1. The summed E-state index contributed by atoms with van der Waals surface area (Å²) in [6.45, 7) is 6.95. The summed E-state index contributed by atoms with van der Waals surface area (Å²) < 4.78 is 3.92. The van der Waals surface area contributed by atoms with Crippen molar-refractivity contribution in [2.75, 3.05) is 39.3 Å². The summed E-state index contributed by atoms with van der Waals surface area (Å²) in [5.74, 6) is 0.912. The first-order chi connectivity index (χ1) is 35.4. The molecule has 2 aliphatic carbocycles. The first-order valence-corrected chi connectivity index (χ1v) is 27.8. The van der Waals surface area contributed by atoms with Crippen molar-refractivity contribution in [2.45, 2.75) is 132 Å². The Bertz CT molecular complexity index is 3150. The number of nitrogens with zero attached hydrogens (tertiary/aromatic N) is 9. The number of aliphatic hydroxyl groups is 1. The lowest BCUT2D eigenvalue weighted by Gasteiger charge is -2.38. The average Bonchev–Trinajstić information content (AvgIpc) is 3.64. The summed E-state index contributed by atoms with van der Waals surface area (Å²) in [7, 11) is 0. The van der Waals surface area contributed by atoms with Gasteiger partial charge in [-0.1, -0.05) is 78.5 Å². The van der Waals surface area contributed by atoms with Crippen LogP contribution in [0.4, 0.5) is 0 Å². The predicted molar refractivity (Wildman–Crippen MR) is 280 cm³/mol. The van der Waals surface area contributed by atoms with Gasteiger partial charge in [-0.15, -0.1) is 16.4 Å². The normalized spacial score (nSPS) is 22.1. The Morgan fingerprint density at radius 2 is 1.70 bits per heavy atom. The van der Waals surface area contributed by atoms with Gasteiger partial charge in [0.2, 0.25) is 17.7 Å². The summed E-state index contributed by atoms with van der Waals surface area (Å²) in [5, 5.41) is 24.0. The molecule has 12 rings (SSSR count). The van der Waals surface area contributed by atoms with Crippen LogP contribution in [-0.2, 0) is 19.8 Å². The van der Waals surface area contributed by atoms with Crippen LogP contribution in [0.15, 0.2) is 77.2 Å². The van der Waals surface area contributed by atoms with Crippen LogP contribution in [0.5, 0.6) is 0 Å². The van der Waals surface area contributed by atoms with Crippen LogP contribution in [-0.4, -0.2) is 118 Å². The average molecular weight is 1020 g/mol. The number of aromatic nitrogens is 6. The molecule has 1 spiro atoms. The highest BCUT2D eigenvalue weighted by Gasteiger charge is 2.48. The largest absolute Gasteiger partial charge is 0.391 e. The standard InChI is InChI=1S/C56H63ClN10O5S/c1-33(35-9-13-39(14-10-35)51-34(2)58-32-73-51)59-52(70)47-28-41(68)29-65(47)54(72)50(66-30-44(61-62-66)37-11-12-37)38-19-25-64(26-20-38)48(69)31-63-23-17-36(18-24-63)40-15-16-42-46(27-40)67-45-8-6-7-43(57)49(45)53(71)60-55(67)56(42)21-4-3-5-22-56/h6-10,13-16,27,30,32-33,36-38,41,47,50,68H,3-5,11-12,17-26,28-29,31H2,1-2H3,(H,59,70)/t33-,41+,47-,50-/m0/s1. The van der Waals surface area contributed by atoms with Crippen molar-refractivity contribution in [3.05, 3.63) is 122 Å². The van der Waals surface area contributed by atoms with Gasteiger partial charge in [0.05, 0.1) is 67.5 Å². The van der Waals surface area contributed by atoms with Crippen LogP contribution in [0.1, 0.15) is 142 Å². The summed E-state index contributed by atoms with van der Waals surface area (Å²) in [4.78, 5) is 72.6. The van der Waals surface area contributed by atoms with E-state index in [9.17, 15) is 24.3 Å². The fourth-order valence-electron chi connectivity index (χ4n) is 13.0. The number of piperidine rings is 2. The van der Waals surface area contributed by atoms with Gasteiger partial charge in [0.25, 0.3) is 5.56 Å². The number of carbonyl (C=O) groups excluding carboxylic acids is 3. The number of β-amino-alcohol motifs (C(OH)–C–C–N with tert-alkyl or cyclic N) is 1. The van der Waals surface area contributed by atoms with Crippen LogP contribution in [0.3, 0.4) is 0 Å². The van der Waals surface area contributed by atoms with Crippen LogP contribution in [0.25, 0.3) is 27.0 Å². The zero-order valence-electron chi connectivity index (χ0n) is 41.6. The van der Waals surface area contributed by atoms with E-state index in [1.165, 1.54) is 17.5 Å². The second-order valence-corrected chi connectivity index (χ2v) is 23.0. The molecule has 0 radical (unpaired) electrons. The number of hydrogen-bond donors (Lipinski definition) is 2. The van der Waals surface area contributed by atoms with Gasteiger partial charge in [-0.3, -0.25) is 28.6 Å². The number of amides is 3. The molecule has 3 aromatic carbocycles. The summed E-state index contributed by atoms with van der Waals surface area (Å²) >= 11 is 8.24. The monoisotopic (exact) mass is 1020 g/mol. The highest BCUT2D eigenvalue weighted by molar-refractivity contribution is 7.13. The number of halogens is 1. The molecule has 15 nitrogen and oxygen atoms in total. The quantitative estimate of drug-likeness (QED) is 0.130. The molecule has 4 aliphatic heterocycles. The molecule has 7 heterocycles. The molecule has 4 atom stereocenters. The Labute approximate surface area is 433 Å². The maximum Gasteiger partial charge on any atom is 0.282 e. The third kappa shape index (κ3) is 8.89. The van der Waals surface area contributed by atoms with E-state index in [0.717, 1.165) is 109 Å². The molecule has 73 heavy (non-hydrogen) atoms. The lowest BCUT2D eigenvalue weighted by Crippen LogP contribution is -2.51. The maximum absolute atomic E-state index is 14.9. The molecule has 3 saturated heterocycles. The maximum atomic E-state index is 14.9. The van der Waals surface area contributed by atoms with E-state index in [2.05, 4.69) is 48.3 Å². The molecular formula is C56H63ClN10O5S. The Kier molecular flexibility index (Phi) is 12.8. The molecular weight excluding hydrogens is 960 g/mol. The fourth-order valence-corrected chi connectivity index (χ4v) is 14.1. The number of nitrogens with one attached hydrogen (secondary N) is 1. The van der Waals surface area contributed by atoms with E-state index in [4.69, 9.17) is 16.6 Å². The minimum atomic E-state index is -0.846. The number of rotatable bonds is 11.